The van der Waals surface area contributed by atoms with Gasteiger partial charge in [0.1, 0.15) is 17.3 Å². The molecule has 0 aliphatic carbocycles. The maximum absolute atomic E-state index is 14.8. The minimum atomic E-state index is -1.46. The first-order valence-corrected chi connectivity index (χ1v) is 16.5. The van der Waals surface area contributed by atoms with E-state index in [2.05, 4.69) is 54.7 Å². The second-order valence-electron chi connectivity index (χ2n) is 11.0. The van der Waals surface area contributed by atoms with Crippen molar-refractivity contribution in [3.05, 3.63) is 102 Å². The Hall–Kier alpha value is -4.58. The fourth-order valence-corrected chi connectivity index (χ4v) is 5.52. The molecule has 0 radical (unpaired) electrons. The summed E-state index contributed by atoms with van der Waals surface area (Å²) in [6.45, 7) is 13.6. The number of aryl methyl sites for hydroxylation is 1. The summed E-state index contributed by atoms with van der Waals surface area (Å²) in [5.41, 5.74) is 12.4. The molecule has 1 fully saturated rings. The number of rotatable bonds is 10. The highest BCUT2D eigenvalue weighted by Gasteiger charge is 2.25. The number of likely N-dealkylation sites (tertiary alicyclic amines) is 1. The van der Waals surface area contributed by atoms with Gasteiger partial charge < -0.3 is 15.6 Å². The Balaban J connectivity index is 1.51. The zero-order valence-corrected chi connectivity index (χ0v) is 26.1. The Morgan fingerprint density at radius 2 is 2.02 bits per heavy atom. The van der Waals surface area contributed by atoms with Crippen LogP contribution in [-0.4, -0.2) is 73.0 Å². The van der Waals surface area contributed by atoms with Crippen molar-refractivity contribution in [3.63, 3.8) is 0 Å². The van der Waals surface area contributed by atoms with Crippen LogP contribution in [0.25, 0.3) is 33.7 Å². The summed E-state index contributed by atoms with van der Waals surface area (Å²) in [6, 6.07) is 7.04. The molecular formula is C33H38FN9S. The van der Waals surface area contributed by atoms with Crippen LogP contribution in [0.3, 0.4) is 0 Å². The number of hydrogen-bond acceptors (Lipinski definition) is 6. The molecular weight excluding hydrogens is 573 g/mol. The topological polar surface area (TPSA) is 124 Å². The van der Waals surface area contributed by atoms with Crippen molar-refractivity contribution in [2.45, 2.75) is 26.4 Å². The fourth-order valence-electron chi connectivity index (χ4n) is 5.01. The van der Waals surface area contributed by atoms with Crippen LogP contribution in [0.5, 0.6) is 0 Å². The number of halogens is 1. The molecule has 1 aromatic carbocycles. The van der Waals surface area contributed by atoms with E-state index in [0.29, 0.717) is 40.7 Å². The van der Waals surface area contributed by atoms with E-state index in [1.54, 1.807) is 18.3 Å². The Kier molecular flexibility index (Phi) is 8.82. The van der Waals surface area contributed by atoms with E-state index in [4.69, 9.17) is 15.7 Å². The highest BCUT2D eigenvalue weighted by atomic mass is 32.2. The quantitative estimate of drug-likeness (QED) is 0.0835. The van der Waals surface area contributed by atoms with Gasteiger partial charge in [-0.2, -0.15) is 14.5 Å². The summed E-state index contributed by atoms with van der Waals surface area (Å²) in [4.78, 5) is 19.9. The molecule has 0 unspecified atom stereocenters. The lowest BCUT2D eigenvalue weighted by molar-refractivity contribution is 0.256. The number of aromatic nitrogens is 5. The summed E-state index contributed by atoms with van der Waals surface area (Å²) >= 11 is 0. The van der Waals surface area contributed by atoms with Crippen molar-refractivity contribution in [2.75, 3.05) is 19.3 Å². The van der Waals surface area contributed by atoms with Crippen LogP contribution < -0.4 is 10.5 Å². The van der Waals surface area contributed by atoms with Gasteiger partial charge in [0, 0.05) is 42.3 Å². The van der Waals surface area contributed by atoms with Crippen molar-refractivity contribution in [2.24, 2.45) is 10.7 Å². The summed E-state index contributed by atoms with van der Waals surface area (Å²) in [5, 5.41) is 8.45. The van der Waals surface area contributed by atoms with Crippen LogP contribution in [0, 0.1) is 12.7 Å². The molecule has 0 saturated carbocycles. The van der Waals surface area contributed by atoms with Crippen molar-refractivity contribution in [3.8, 4) is 11.5 Å². The molecule has 0 atom stereocenters. The van der Waals surface area contributed by atoms with Gasteiger partial charge in [-0.1, -0.05) is 43.1 Å². The maximum Gasteiger partial charge on any atom is 0.159 e. The number of benzene rings is 1. The number of imidazole rings is 1. The lowest BCUT2D eigenvalue weighted by Gasteiger charge is -2.38. The predicted molar refractivity (Wildman–Crippen MR) is 185 cm³/mol. The largest absolute Gasteiger partial charge is 0.353 e. The molecule has 228 valence electrons. The first-order chi connectivity index (χ1) is 21.0. The van der Waals surface area contributed by atoms with Gasteiger partial charge in [0.05, 0.1) is 28.8 Å². The molecule has 11 heteroatoms. The SMILES string of the molecule is C=C/C=C(/c1cc(F)cc(CNS(=C)(=C)C)c1)c1nc(-c2n[nH]c3cnc(/C(=C/C)N=C(C=C)N4CC(N)C4)cc23)[nH]c1C. The molecule has 44 heavy (non-hydrogen) atoms. The van der Waals surface area contributed by atoms with Crippen LogP contribution in [0.1, 0.15) is 35.1 Å². The van der Waals surface area contributed by atoms with Gasteiger partial charge in [-0.05, 0) is 61.6 Å². The molecule has 0 spiro atoms. The summed E-state index contributed by atoms with van der Waals surface area (Å²) in [5.74, 6) is 9.08. The molecule has 9 nitrogen and oxygen atoms in total. The maximum atomic E-state index is 14.8. The monoisotopic (exact) mass is 611 g/mol. The van der Waals surface area contributed by atoms with Crippen LogP contribution in [0.2, 0.25) is 0 Å². The Morgan fingerprint density at radius 3 is 2.68 bits per heavy atom. The van der Waals surface area contributed by atoms with E-state index in [9.17, 15) is 4.39 Å². The standard InChI is InChI=1S/C33H38FN9S/c1-8-11-25(22-12-21(13-23(34)14-22)16-37-44(5,6)7)31-20(4)38-33(40-31)32-26-15-28(36-17-29(26)41-42-32)27(9-2)39-30(10-3)43-18-24(35)19-43/h8-15,17,24,37H,1,3,5-6,16,18-19,35H2,2,4,7H3,(H,38,40)(H,41,42)/b25-11-,27-9-,39-30?. The first-order valence-electron chi connectivity index (χ1n) is 14.1. The van der Waals surface area contributed by atoms with Gasteiger partial charge in [-0.3, -0.25) is 14.8 Å². The molecule has 1 aliphatic rings. The summed E-state index contributed by atoms with van der Waals surface area (Å²) in [6.07, 6.45) is 10.8. The Labute approximate surface area is 257 Å². The lowest BCUT2D eigenvalue weighted by atomic mass is 9.98. The van der Waals surface area contributed by atoms with Crippen LogP contribution in [-0.2, 0) is 6.54 Å². The number of pyridine rings is 1. The number of nitrogens with one attached hydrogen (secondary N) is 3. The number of nitrogens with zero attached hydrogens (tertiary/aromatic N) is 5. The zero-order valence-electron chi connectivity index (χ0n) is 25.3. The van der Waals surface area contributed by atoms with Gasteiger partial charge in [0.15, 0.2) is 5.82 Å². The average molecular weight is 612 g/mol. The number of amidine groups is 1. The number of fused-ring (bicyclic) bond motifs is 1. The van der Waals surface area contributed by atoms with Crippen LogP contribution in [0.4, 0.5) is 4.39 Å². The minimum Gasteiger partial charge on any atom is -0.353 e. The van der Waals surface area contributed by atoms with Crippen LogP contribution in [0.15, 0.2) is 72.9 Å². The van der Waals surface area contributed by atoms with E-state index < -0.39 is 9.39 Å². The van der Waals surface area contributed by atoms with Crippen molar-refractivity contribution >= 4 is 49.1 Å². The molecule has 4 aromatic rings. The third kappa shape index (κ3) is 6.65. The third-order valence-corrected chi connectivity index (χ3v) is 8.02. The second kappa shape index (κ2) is 12.6. The molecule has 0 amide bonds. The number of allylic oxidation sites excluding steroid dienone is 3. The Morgan fingerprint density at radius 1 is 1.25 bits per heavy atom. The van der Waals surface area contributed by atoms with Gasteiger partial charge in [0.2, 0.25) is 0 Å². The third-order valence-electron chi connectivity index (χ3n) is 7.18. The van der Waals surface area contributed by atoms with Crippen molar-refractivity contribution in [1.29, 1.82) is 0 Å². The molecule has 5 N–H and O–H groups in total. The second-order valence-corrected chi connectivity index (χ2v) is 13.9. The molecule has 4 heterocycles. The smallest absolute Gasteiger partial charge is 0.159 e. The van der Waals surface area contributed by atoms with Gasteiger partial charge in [0.25, 0.3) is 0 Å². The highest BCUT2D eigenvalue weighted by molar-refractivity contribution is 8.25. The van der Waals surface area contributed by atoms with Gasteiger partial charge in [-0.25, -0.2) is 14.4 Å². The average Bonchev–Trinajstić information content (AvgIpc) is 3.56. The molecule has 1 aliphatic heterocycles. The molecule has 3 aromatic heterocycles. The number of aliphatic imine (C=N–C) groups is 1. The van der Waals surface area contributed by atoms with E-state index in [0.717, 1.165) is 46.7 Å². The van der Waals surface area contributed by atoms with Crippen molar-refractivity contribution in [1.82, 2.24) is 34.8 Å². The normalized spacial score (nSPS) is 15.1. The molecule has 1 saturated heterocycles. The molecule has 0 bridgehead atoms. The number of H-pyrrole nitrogens is 2. The van der Waals surface area contributed by atoms with E-state index in [1.165, 1.54) is 12.1 Å². The lowest BCUT2D eigenvalue weighted by Crippen LogP contribution is -2.57. The number of nitrogens with two attached hydrogens (primary N) is 1. The molecule has 5 rings (SSSR count). The zero-order chi connectivity index (χ0) is 31.6. The number of hydrogen-bond donors (Lipinski definition) is 4. The number of aromatic amines is 2. The van der Waals surface area contributed by atoms with E-state index in [-0.39, 0.29) is 11.9 Å². The summed E-state index contributed by atoms with van der Waals surface area (Å²) < 4.78 is 18.1. The van der Waals surface area contributed by atoms with Crippen molar-refractivity contribution < 1.29 is 4.39 Å². The summed E-state index contributed by atoms with van der Waals surface area (Å²) in [7, 11) is -1.46. The fraction of sp³-hybridized carbons (Fsp3) is 0.212. The highest BCUT2D eigenvalue weighted by Crippen LogP contribution is 2.32. The van der Waals surface area contributed by atoms with E-state index >= 15 is 0 Å². The van der Waals surface area contributed by atoms with Gasteiger partial charge in [-0.15, -0.1) is 0 Å². The minimum absolute atomic E-state index is 0.144. The van der Waals surface area contributed by atoms with Gasteiger partial charge >= 0.3 is 0 Å². The Bertz CT molecular complexity index is 1940. The van der Waals surface area contributed by atoms with Crippen LogP contribution >= 0.6 is 9.39 Å². The van der Waals surface area contributed by atoms with E-state index in [1.807, 2.05) is 44.4 Å². The first kappa shape index (κ1) is 30.9. The predicted octanol–water partition coefficient (Wildman–Crippen LogP) is 5.30.